The van der Waals surface area contributed by atoms with Gasteiger partial charge in [0.2, 0.25) is 0 Å². The fraction of sp³-hybridized carbons (Fsp3) is 0.773. The molecule has 0 aromatic rings. The Labute approximate surface area is 159 Å². The Balaban J connectivity index is 2.84. The average molecular weight is 367 g/mol. The summed E-state index contributed by atoms with van der Waals surface area (Å²) in [6.07, 6.45) is 14.9. The minimum atomic E-state index is -0.711. The molecule has 1 saturated carbocycles. The molecule has 1 rings (SSSR count). The highest BCUT2D eigenvalue weighted by atomic mass is 16.5. The quantitative estimate of drug-likeness (QED) is 0.263. The van der Waals surface area contributed by atoms with Crippen LogP contribution in [0.25, 0.3) is 0 Å². The molecule has 0 radical (unpaired) electrons. The van der Waals surface area contributed by atoms with E-state index in [-0.39, 0.29) is 17.8 Å². The van der Waals surface area contributed by atoms with Crippen LogP contribution >= 0.6 is 0 Å². The van der Waals surface area contributed by atoms with Crippen molar-refractivity contribution in [2.45, 2.75) is 84.2 Å². The van der Waals surface area contributed by atoms with Crippen molar-refractivity contribution in [3.8, 4) is 0 Å². The zero-order chi connectivity index (χ0) is 19.4. The first-order chi connectivity index (χ1) is 12.5. The molecule has 1 fully saturated rings. The van der Waals surface area contributed by atoms with Crippen molar-refractivity contribution in [1.29, 1.82) is 0 Å². The standard InChI is InChI=1S/C22H38O4/c1-4-6-8-10-19(23)15-14-17-12-13-18(16-26-3)21(17)20(22(24)25)11-9-7-5-2/h14-17,19-21,23H,4-13H2,1-3H3,(H,24,25)/t17-,19+,20?,21+/m1/s1. The number of rotatable bonds is 13. The molecule has 0 aromatic heterocycles. The Morgan fingerprint density at radius 1 is 1.19 bits per heavy atom. The lowest BCUT2D eigenvalue weighted by Gasteiger charge is -2.25. The maximum Gasteiger partial charge on any atom is 0.307 e. The van der Waals surface area contributed by atoms with Gasteiger partial charge in [0.05, 0.1) is 25.4 Å². The van der Waals surface area contributed by atoms with Crippen LogP contribution in [0.2, 0.25) is 0 Å². The van der Waals surface area contributed by atoms with Gasteiger partial charge < -0.3 is 14.9 Å². The van der Waals surface area contributed by atoms with E-state index in [1.54, 1.807) is 13.4 Å². The lowest BCUT2D eigenvalue weighted by molar-refractivity contribution is -0.143. The minimum Gasteiger partial charge on any atom is -0.504 e. The van der Waals surface area contributed by atoms with Gasteiger partial charge in [-0.25, -0.2) is 0 Å². The van der Waals surface area contributed by atoms with Gasteiger partial charge in [-0.3, -0.25) is 4.79 Å². The summed E-state index contributed by atoms with van der Waals surface area (Å²) < 4.78 is 5.22. The van der Waals surface area contributed by atoms with Crippen LogP contribution in [0, 0.1) is 17.8 Å². The number of ether oxygens (including phenoxy) is 1. The van der Waals surface area contributed by atoms with E-state index in [0.717, 1.165) is 63.4 Å². The summed E-state index contributed by atoms with van der Waals surface area (Å²) in [5.41, 5.74) is 1.10. The molecular weight excluding hydrogens is 328 g/mol. The number of aliphatic hydroxyl groups is 1. The maximum atomic E-state index is 11.9. The van der Waals surface area contributed by atoms with Crippen molar-refractivity contribution < 1.29 is 19.7 Å². The van der Waals surface area contributed by atoms with E-state index in [9.17, 15) is 15.0 Å². The van der Waals surface area contributed by atoms with E-state index in [2.05, 4.69) is 19.9 Å². The highest BCUT2D eigenvalue weighted by molar-refractivity contribution is 5.71. The largest absolute Gasteiger partial charge is 0.504 e. The Bertz CT molecular complexity index is 455. The molecule has 0 bridgehead atoms. The van der Waals surface area contributed by atoms with E-state index in [4.69, 9.17) is 4.74 Å². The van der Waals surface area contributed by atoms with Crippen molar-refractivity contribution in [3.05, 3.63) is 24.0 Å². The van der Waals surface area contributed by atoms with Crippen LogP contribution in [-0.4, -0.2) is 29.4 Å². The van der Waals surface area contributed by atoms with Crippen LogP contribution in [0.3, 0.4) is 0 Å². The Kier molecular flexibility index (Phi) is 11.3. The van der Waals surface area contributed by atoms with Gasteiger partial charge in [-0.05, 0) is 37.2 Å². The predicted molar refractivity (Wildman–Crippen MR) is 106 cm³/mol. The number of carbonyl (C=O) groups is 1. The number of methoxy groups -OCH3 is 1. The second-order valence-corrected chi connectivity index (χ2v) is 7.55. The summed E-state index contributed by atoms with van der Waals surface area (Å²) >= 11 is 0. The van der Waals surface area contributed by atoms with Crippen molar-refractivity contribution in [3.63, 3.8) is 0 Å². The fourth-order valence-electron chi connectivity index (χ4n) is 4.06. The van der Waals surface area contributed by atoms with Crippen LogP contribution in [0.5, 0.6) is 0 Å². The molecule has 26 heavy (non-hydrogen) atoms. The molecule has 150 valence electrons. The predicted octanol–water partition coefficient (Wildman–Crippen LogP) is 5.32. The number of hydrogen-bond acceptors (Lipinski definition) is 3. The van der Waals surface area contributed by atoms with Crippen LogP contribution in [0.15, 0.2) is 24.0 Å². The third-order valence-corrected chi connectivity index (χ3v) is 5.48. The van der Waals surface area contributed by atoms with Gasteiger partial charge in [-0.15, -0.1) is 0 Å². The van der Waals surface area contributed by atoms with Crippen molar-refractivity contribution in [2.24, 2.45) is 17.8 Å². The summed E-state index contributed by atoms with van der Waals surface area (Å²) in [5, 5.41) is 20.0. The SMILES string of the molecule is CCCCCC(C(=O)O)[C@@H]1C(=COC)CC[C@@H]1C=C[C@@H](O)CCCCC. The third kappa shape index (κ3) is 7.53. The average Bonchev–Trinajstić information content (AvgIpc) is 2.99. The zero-order valence-electron chi connectivity index (χ0n) is 16.8. The van der Waals surface area contributed by atoms with Gasteiger partial charge >= 0.3 is 5.97 Å². The molecule has 1 unspecified atom stereocenters. The molecule has 0 aromatic carbocycles. The number of unbranched alkanes of at least 4 members (excludes halogenated alkanes) is 4. The molecule has 1 aliphatic rings. The molecule has 0 spiro atoms. The first kappa shape index (κ1) is 22.8. The summed E-state index contributed by atoms with van der Waals surface area (Å²) in [6, 6.07) is 0. The van der Waals surface area contributed by atoms with E-state index in [1.807, 2.05) is 6.08 Å². The second-order valence-electron chi connectivity index (χ2n) is 7.55. The number of hydrogen-bond donors (Lipinski definition) is 2. The summed E-state index contributed by atoms with van der Waals surface area (Å²) in [7, 11) is 1.62. The highest BCUT2D eigenvalue weighted by Crippen LogP contribution is 2.44. The molecule has 0 saturated heterocycles. The minimum absolute atomic E-state index is 0.0246. The van der Waals surface area contributed by atoms with Gasteiger partial charge in [0, 0.05) is 5.92 Å². The topological polar surface area (TPSA) is 66.8 Å². The number of allylic oxidation sites excluding steroid dienone is 2. The lowest BCUT2D eigenvalue weighted by Crippen LogP contribution is -2.27. The van der Waals surface area contributed by atoms with Gasteiger partial charge in [0.1, 0.15) is 0 Å². The van der Waals surface area contributed by atoms with Crippen LogP contribution in [0.1, 0.15) is 78.1 Å². The lowest BCUT2D eigenvalue weighted by atomic mass is 9.78. The van der Waals surface area contributed by atoms with E-state index < -0.39 is 12.1 Å². The number of aliphatic carboxylic acids is 1. The van der Waals surface area contributed by atoms with Crippen LogP contribution in [0.4, 0.5) is 0 Å². The number of carboxylic acid groups (broad SMARTS) is 1. The molecule has 4 nitrogen and oxygen atoms in total. The summed E-state index contributed by atoms with van der Waals surface area (Å²) in [5.74, 6) is -0.947. The summed E-state index contributed by atoms with van der Waals surface area (Å²) in [6.45, 7) is 4.28. The van der Waals surface area contributed by atoms with Gasteiger partial charge in [-0.2, -0.15) is 0 Å². The first-order valence-corrected chi connectivity index (χ1v) is 10.4. The maximum absolute atomic E-state index is 11.9. The molecule has 0 heterocycles. The third-order valence-electron chi connectivity index (χ3n) is 5.48. The molecule has 1 aliphatic carbocycles. The zero-order valence-corrected chi connectivity index (χ0v) is 16.8. The van der Waals surface area contributed by atoms with Crippen molar-refractivity contribution >= 4 is 5.97 Å². The normalized spacial score (nSPS) is 24.2. The van der Waals surface area contributed by atoms with Gasteiger partial charge in [0.25, 0.3) is 0 Å². The highest BCUT2D eigenvalue weighted by Gasteiger charge is 2.39. The smallest absolute Gasteiger partial charge is 0.307 e. The van der Waals surface area contributed by atoms with E-state index >= 15 is 0 Å². The summed E-state index contributed by atoms with van der Waals surface area (Å²) in [4.78, 5) is 11.9. The fourth-order valence-corrected chi connectivity index (χ4v) is 4.06. The molecule has 0 amide bonds. The van der Waals surface area contributed by atoms with Crippen LogP contribution in [-0.2, 0) is 9.53 Å². The Hall–Kier alpha value is -1.29. The van der Waals surface area contributed by atoms with Crippen molar-refractivity contribution in [2.75, 3.05) is 7.11 Å². The second kappa shape index (κ2) is 13.0. The molecule has 0 aliphatic heterocycles. The van der Waals surface area contributed by atoms with Crippen molar-refractivity contribution in [1.82, 2.24) is 0 Å². The Morgan fingerprint density at radius 3 is 2.42 bits per heavy atom. The molecular formula is C22H38O4. The number of aliphatic hydroxyl groups excluding tert-OH is 1. The molecule has 4 atom stereocenters. The monoisotopic (exact) mass is 366 g/mol. The van der Waals surface area contributed by atoms with Crippen LogP contribution < -0.4 is 0 Å². The number of carboxylic acids is 1. The van der Waals surface area contributed by atoms with Gasteiger partial charge in [0.15, 0.2) is 0 Å². The van der Waals surface area contributed by atoms with E-state index in [1.165, 1.54) is 0 Å². The van der Waals surface area contributed by atoms with Gasteiger partial charge in [-0.1, -0.05) is 64.5 Å². The first-order valence-electron chi connectivity index (χ1n) is 10.4. The Morgan fingerprint density at radius 2 is 1.85 bits per heavy atom. The molecule has 2 N–H and O–H groups in total. The van der Waals surface area contributed by atoms with E-state index in [0.29, 0.717) is 6.42 Å². The molecule has 4 heteroatoms.